The standard InChI is InChI=1S/C28H34N6O4/c1-34(2)19-14-20(15-19)36-23-9-8-17(12-24(23)35-3)32-28-29-11-10-26(33-28)31-18-13-25-27(30-16-18)38-22-7-5-4-6-21(22)37-25/h8-13,16,19-22H,4-7,14-15H2,1-3H3,(H2,29,31,32,33)/t19?,20?,21-,22+/m1/s1. The minimum absolute atomic E-state index is 0.0978. The van der Waals surface area contributed by atoms with E-state index in [1.165, 1.54) is 12.8 Å². The second kappa shape index (κ2) is 10.5. The van der Waals surface area contributed by atoms with Crippen molar-refractivity contribution in [2.45, 2.75) is 62.9 Å². The fourth-order valence-corrected chi connectivity index (χ4v) is 5.16. The maximum Gasteiger partial charge on any atom is 0.257 e. The predicted octanol–water partition coefficient (Wildman–Crippen LogP) is 4.92. The summed E-state index contributed by atoms with van der Waals surface area (Å²) in [6.45, 7) is 0. The van der Waals surface area contributed by atoms with E-state index in [-0.39, 0.29) is 18.3 Å². The Balaban J connectivity index is 1.10. The van der Waals surface area contributed by atoms with Crippen molar-refractivity contribution in [3.05, 3.63) is 42.7 Å². The largest absolute Gasteiger partial charge is 0.493 e. The molecule has 0 amide bonds. The summed E-state index contributed by atoms with van der Waals surface area (Å²) in [6, 6.07) is 10.0. The minimum atomic E-state index is 0.0978. The lowest BCUT2D eigenvalue weighted by Crippen LogP contribution is -2.46. The molecule has 2 N–H and O–H groups in total. The van der Waals surface area contributed by atoms with E-state index >= 15 is 0 Å². The maximum atomic E-state index is 6.20. The van der Waals surface area contributed by atoms with Gasteiger partial charge in [-0.1, -0.05) is 0 Å². The summed E-state index contributed by atoms with van der Waals surface area (Å²) in [7, 11) is 5.85. The number of anilines is 4. The van der Waals surface area contributed by atoms with Gasteiger partial charge in [0.1, 0.15) is 24.1 Å². The molecule has 3 aromatic rings. The van der Waals surface area contributed by atoms with E-state index in [1.807, 2.05) is 24.3 Å². The second-order valence-corrected chi connectivity index (χ2v) is 10.3. The molecule has 2 aromatic heterocycles. The van der Waals surface area contributed by atoms with Gasteiger partial charge in [-0.2, -0.15) is 4.98 Å². The highest BCUT2D eigenvalue weighted by Gasteiger charge is 2.35. The molecule has 1 aliphatic heterocycles. The third kappa shape index (κ3) is 5.26. The third-order valence-corrected chi connectivity index (χ3v) is 7.44. The van der Waals surface area contributed by atoms with Crippen LogP contribution in [0.15, 0.2) is 42.7 Å². The zero-order valence-corrected chi connectivity index (χ0v) is 22.0. The first-order valence-corrected chi connectivity index (χ1v) is 13.3. The highest BCUT2D eigenvalue weighted by atomic mass is 16.6. The number of ether oxygens (including phenoxy) is 4. The third-order valence-electron chi connectivity index (χ3n) is 7.44. The Morgan fingerprint density at radius 2 is 1.74 bits per heavy atom. The number of pyridine rings is 1. The van der Waals surface area contributed by atoms with Gasteiger partial charge in [-0.3, -0.25) is 0 Å². The summed E-state index contributed by atoms with van der Waals surface area (Å²) in [5.41, 5.74) is 1.57. The molecule has 10 nitrogen and oxygen atoms in total. The zero-order valence-electron chi connectivity index (χ0n) is 22.0. The number of nitrogens with zero attached hydrogens (tertiary/aromatic N) is 4. The van der Waals surface area contributed by atoms with Gasteiger partial charge in [-0.15, -0.1) is 0 Å². The molecule has 2 fully saturated rings. The quantitative estimate of drug-likeness (QED) is 0.427. The van der Waals surface area contributed by atoms with Crippen LogP contribution in [0.4, 0.5) is 23.1 Å². The molecular formula is C28H34N6O4. The molecule has 38 heavy (non-hydrogen) atoms. The average Bonchev–Trinajstić information content (AvgIpc) is 2.89. The molecule has 0 bridgehead atoms. The molecule has 3 heterocycles. The van der Waals surface area contributed by atoms with Gasteiger partial charge >= 0.3 is 0 Å². The monoisotopic (exact) mass is 518 g/mol. The zero-order chi connectivity index (χ0) is 26.1. The smallest absolute Gasteiger partial charge is 0.257 e. The lowest BCUT2D eigenvalue weighted by Gasteiger charge is -2.39. The molecule has 200 valence electrons. The van der Waals surface area contributed by atoms with Gasteiger partial charge in [-0.25, -0.2) is 9.97 Å². The number of fused-ring (bicyclic) bond motifs is 2. The van der Waals surface area contributed by atoms with Crippen molar-refractivity contribution in [2.24, 2.45) is 0 Å². The molecule has 0 spiro atoms. The summed E-state index contributed by atoms with van der Waals surface area (Å²) < 4.78 is 24.0. The fraction of sp³-hybridized carbons (Fsp3) is 0.464. The van der Waals surface area contributed by atoms with Gasteiger partial charge in [0.2, 0.25) is 5.95 Å². The topological polar surface area (TPSA) is 103 Å². The van der Waals surface area contributed by atoms with Gasteiger partial charge < -0.3 is 34.5 Å². The Hall–Kier alpha value is -3.79. The van der Waals surface area contributed by atoms with Crippen molar-refractivity contribution < 1.29 is 18.9 Å². The lowest BCUT2D eigenvalue weighted by molar-refractivity contribution is -0.00976. The molecular weight excluding hydrogens is 484 g/mol. The minimum Gasteiger partial charge on any atom is -0.493 e. The lowest BCUT2D eigenvalue weighted by atomic mass is 9.88. The predicted molar refractivity (Wildman–Crippen MR) is 144 cm³/mol. The number of rotatable bonds is 8. The van der Waals surface area contributed by atoms with E-state index in [0.29, 0.717) is 35.2 Å². The highest BCUT2D eigenvalue weighted by Crippen LogP contribution is 2.39. The van der Waals surface area contributed by atoms with Crippen LogP contribution in [0.25, 0.3) is 0 Å². The molecule has 2 atom stereocenters. The molecule has 6 rings (SSSR count). The fourth-order valence-electron chi connectivity index (χ4n) is 5.16. The van der Waals surface area contributed by atoms with Crippen molar-refractivity contribution in [1.29, 1.82) is 0 Å². The summed E-state index contributed by atoms with van der Waals surface area (Å²) in [6.07, 6.45) is 10.2. The van der Waals surface area contributed by atoms with Crippen LogP contribution in [-0.4, -0.2) is 65.4 Å². The van der Waals surface area contributed by atoms with Crippen LogP contribution >= 0.6 is 0 Å². The summed E-state index contributed by atoms with van der Waals surface area (Å²) in [5.74, 6) is 3.71. The van der Waals surface area contributed by atoms with Gasteiger partial charge in [0.15, 0.2) is 17.2 Å². The average molecular weight is 519 g/mol. The SMILES string of the molecule is COc1cc(Nc2nccc(Nc3cnc4c(c3)O[C@@H]3CCCC[C@@H]3O4)n2)ccc1OC1CC(N(C)C)C1. The molecule has 0 unspecified atom stereocenters. The van der Waals surface area contributed by atoms with Crippen LogP contribution in [0.3, 0.4) is 0 Å². The summed E-state index contributed by atoms with van der Waals surface area (Å²) in [4.78, 5) is 15.7. The molecule has 0 saturated heterocycles. The maximum absolute atomic E-state index is 6.20. The van der Waals surface area contributed by atoms with Crippen molar-refractivity contribution >= 4 is 23.1 Å². The second-order valence-electron chi connectivity index (χ2n) is 10.3. The van der Waals surface area contributed by atoms with E-state index in [0.717, 1.165) is 42.8 Å². The first-order chi connectivity index (χ1) is 18.5. The number of hydrogen-bond donors (Lipinski definition) is 2. The number of benzene rings is 1. The Morgan fingerprint density at radius 1 is 0.921 bits per heavy atom. The van der Waals surface area contributed by atoms with Crippen LogP contribution in [0.5, 0.6) is 23.1 Å². The van der Waals surface area contributed by atoms with Crippen LogP contribution < -0.4 is 29.6 Å². The number of hydrogen-bond acceptors (Lipinski definition) is 10. The first kappa shape index (κ1) is 24.5. The van der Waals surface area contributed by atoms with Gasteiger partial charge in [0, 0.05) is 30.1 Å². The van der Waals surface area contributed by atoms with Crippen LogP contribution in [0.1, 0.15) is 38.5 Å². The van der Waals surface area contributed by atoms with Crippen molar-refractivity contribution in [3.8, 4) is 23.1 Å². The Morgan fingerprint density at radius 3 is 2.53 bits per heavy atom. The van der Waals surface area contributed by atoms with Gasteiger partial charge in [-0.05, 0) is 70.8 Å². The summed E-state index contributed by atoms with van der Waals surface area (Å²) >= 11 is 0. The molecule has 10 heteroatoms. The van der Waals surface area contributed by atoms with Crippen LogP contribution in [0, 0.1) is 0 Å². The van der Waals surface area contributed by atoms with Crippen LogP contribution in [-0.2, 0) is 0 Å². The van der Waals surface area contributed by atoms with Crippen LogP contribution in [0.2, 0.25) is 0 Å². The normalized spacial score (nSPS) is 23.7. The first-order valence-electron chi connectivity index (χ1n) is 13.3. The highest BCUT2D eigenvalue weighted by molar-refractivity contribution is 5.63. The van der Waals surface area contributed by atoms with E-state index in [2.05, 4.69) is 44.6 Å². The van der Waals surface area contributed by atoms with Gasteiger partial charge in [0.05, 0.1) is 19.0 Å². The molecule has 1 aromatic carbocycles. The van der Waals surface area contributed by atoms with E-state index in [1.54, 1.807) is 25.6 Å². The molecule has 0 radical (unpaired) electrons. The Kier molecular flexibility index (Phi) is 6.80. The number of nitrogens with one attached hydrogen (secondary N) is 2. The van der Waals surface area contributed by atoms with Crippen molar-refractivity contribution in [1.82, 2.24) is 19.9 Å². The Bertz CT molecular complexity index is 1280. The Labute approximate surface area is 222 Å². The van der Waals surface area contributed by atoms with E-state index in [9.17, 15) is 0 Å². The van der Waals surface area contributed by atoms with Crippen molar-refractivity contribution in [3.63, 3.8) is 0 Å². The number of aromatic nitrogens is 3. The van der Waals surface area contributed by atoms with Crippen molar-refractivity contribution in [2.75, 3.05) is 31.8 Å². The number of methoxy groups -OCH3 is 1. The van der Waals surface area contributed by atoms with E-state index in [4.69, 9.17) is 18.9 Å². The van der Waals surface area contributed by atoms with Gasteiger partial charge in [0.25, 0.3) is 5.88 Å². The van der Waals surface area contributed by atoms with E-state index < -0.39 is 0 Å². The molecule has 2 saturated carbocycles. The molecule has 3 aliphatic rings. The summed E-state index contributed by atoms with van der Waals surface area (Å²) in [5, 5.41) is 6.54. The molecule has 2 aliphatic carbocycles.